The summed E-state index contributed by atoms with van der Waals surface area (Å²) >= 11 is 0. The number of aromatic amines is 1. The van der Waals surface area contributed by atoms with Crippen LogP contribution in [0.4, 0.5) is 0 Å². The molecule has 15 atom stereocenters. The Balaban J connectivity index is 1.70. The molecular weight excluding hydrogens is 1840 g/mol. The van der Waals surface area contributed by atoms with Crippen LogP contribution in [-0.4, -0.2) is 287 Å². The summed E-state index contributed by atoms with van der Waals surface area (Å²) in [6.45, 7) is 9.65. The number of para-hydroxylation sites is 1. The molecule has 4 rings (SSSR count). The van der Waals surface area contributed by atoms with E-state index in [1.807, 2.05) is 0 Å². The number of nitrogens with zero attached hydrogens (tertiary/aromatic N) is 1. The fraction of sp³-hybridized carbons (Fsp3) is 0.600. The number of aliphatic carboxylic acids is 2. The Morgan fingerprint density at radius 1 is 0.426 bits per heavy atom. The van der Waals surface area contributed by atoms with Crippen LogP contribution < -0.4 is 136 Å². The Hall–Kier alpha value is -14.4. The van der Waals surface area contributed by atoms with Gasteiger partial charge in [-0.15, -0.1) is 0 Å². The number of hydrogen-bond donors (Lipinski definition) is 31. The van der Waals surface area contributed by atoms with Crippen molar-refractivity contribution in [1.29, 1.82) is 16.2 Å². The molecule has 0 bridgehead atoms. The van der Waals surface area contributed by atoms with Gasteiger partial charge in [-0.1, -0.05) is 96.5 Å². The largest absolute Gasteiger partial charge is 0.481 e. The van der Waals surface area contributed by atoms with Crippen LogP contribution in [0.25, 0.3) is 10.9 Å². The van der Waals surface area contributed by atoms with E-state index in [9.17, 15) is 72.5 Å². The molecule has 0 unspecified atom stereocenters. The van der Waals surface area contributed by atoms with Crippen LogP contribution in [0, 0.1) is 34.0 Å². The van der Waals surface area contributed by atoms with Gasteiger partial charge in [-0.3, -0.25) is 103 Å². The molecule has 1 aliphatic rings. The van der Waals surface area contributed by atoms with E-state index >= 15 is 28.8 Å². The van der Waals surface area contributed by atoms with E-state index in [-0.39, 0.29) is 160 Å². The lowest BCUT2D eigenvalue weighted by atomic mass is 9.96. The highest BCUT2D eigenvalue weighted by molar-refractivity contribution is 6.02. The van der Waals surface area contributed by atoms with Crippen LogP contribution in [0.5, 0.6) is 0 Å². The van der Waals surface area contributed by atoms with Gasteiger partial charge in [0.2, 0.25) is 100 Å². The summed E-state index contributed by atoms with van der Waals surface area (Å²) in [5.41, 5.74) is 46.3. The van der Waals surface area contributed by atoms with Gasteiger partial charge in [0.25, 0.3) is 0 Å². The molecule has 0 saturated carbocycles. The number of primary amides is 2. The number of carboxylic acids is 2. The number of fused-ring (bicyclic) bond motifs is 1. The third kappa shape index (κ3) is 44.1. The summed E-state index contributed by atoms with van der Waals surface area (Å²) in [5, 5.41) is 87.8. The van der Waals surface area contributed by atoms with Gasteiger partial charge in [0.15, 0.2) is 17.9 Å². The number of aromatic nitrogens is 1. The number of rotatable bonds is 67. The number of H-pyrrole nitrogens is 1. The third-order valence-electron chi connectivity index (χ3n) is 22.9. The maximum Gasteiger partial charge on any atom is 0.326 e. The summed E-state index contributed by atoms with van der Waals surface area (Å²) in [6.07, 6.45) is -1.24. The first-order valence-corrected chi connectivity index (χ1v) is 47.2. The summed E-state index contributed by atoms with van der Waals surface area (Å²) in [5.74, 6) is -22.2. The van der Waals surface area contributed by atoms with Crippen molar-refractivity contribution in [3.05, 3.63) is 71.9 Å². The lowest BCUT2D eigenvalue weighted by Crippen LogP contribution is -2.61. The fourth-order valence-corrected chi connectivity index (χ4v) is 15.4. The molecule has 39 N–H and O–H groups in total. The van der Waals surface area contributed by atoms with Gasteiger partial charge in [-0.05, 0) is 157 Å². The monoisotopic (exact) mass is 1980 g/mol. The Labute approximate surface area is 817 Å². The number of nitrogens with one attached hydrogen (secondary N) is 21. The summed E-state index contributed by atoms with van der Waals surface area (Å²) in [6, 6.07) is -6.61. The quantitative estimate of drug-likeness (QED) is 0.0142. The molecule has 1 saturated heterocycles. The molecule has 17 amide bonds. The number of likely N-dealkylation sites (tertiary alicyclic amines) is 1. The molecule has 141 heavy (non-hydrogen) atoms. The minimum Gasteiger partial charge on any atom is -0.481 e. The minimum atomic E-state index is -2.10. The summed E-state index contributed by atoms with van der Waals surface area (Å²) < 4.78 is 0. The molecule has 2 heterocycles. The van der Waals surface area contributed by atoms with Crippen molar-refractivity contribution < 1.29 is 101 Å². The standard InChI is InChI=1S/C90H146N30O21/c1-7-50(6)73(119-77(130)58(28-18-36-103-89(98)99)108-74(127)57(27-17-35-102-88(96)97)110-79(132)62(40-49(4)5)115-80(133)63(41-51-21-9-8-10-22-51)107-71(124)47-106-70(123)45-93)85(138)112-59(29-19-37-104-90(100)101)86(139)120-38-20-30-67(120)84(137)111-56(26-14-16-34-92)76(129)114-61(39-48(2)3)78(131)109-55(25-13-15-33-91)75(128)116-64(42-52-46-105-54-24-12-11-23-53(52)54)81(134)118-66(44-72(125)126)83(136)117-65(43-69(95)122)82(135)113-60(87(140)141)31-32-68(94)121/h8-12,21-24,46,48-50,55-67,73,105H,7,13-20,25-45,47,91-93H2,1-6H3,(H2,94,121)(H2,95,122)(H,106,123)(H,107,124)(H,108,127)(H,109,131)(H,110,132)(H,111,137)(H,112,138)(H,113,135)(H,114,129)(H,115,133)(H,116,128)(H,117,136)(H,118,134)(H,119,130)(H,125,126)(H,140,141)(H4,96,97,102)(H4,98,99,103)(H4,100,101,104)/t50-,55-,56-,57-,58-,59-,60-,61-,62-,63-,64-,65-,66-,67-,73-/m0/s1. The number of benzene rings is 2. The highest BCUT2D eigenvalue weighted by Gasteiger charge is 2.43. The summed E-state index contributed by atoms with van der Waals surface area (Å²) in [4.78, 5) is 270. The topological polar surface area (TPSA) is 868 Å². The predicted octanol–water partition coefficient (Wildman–Crippen LogP) is -6.79. The first-order valence-electron chi connectivity index (χ1n) is 47.2. The number of amides is 17. The molecule has 1 aromatic heterocycles. The number of nitrogens with two attached hydrogens (primary N) is 8. The first-order chi connectivity index (χ1) is 66.8. The Bertz CT molecular complexity index is 4750. The van der Waals surface area contributed by atoms with Gasteiger partial charge in [-0.2, -0.15) is 0 Å². The van der Waals surface area contributed by atoms with Crippen LogP contribution >= 0.6 is 0 Å². The SMILES string of the molecule is CC[C@H](C)[C@H](NC(=O)[C@H](CCCNC(=N)N)NC(=O)[C@H](CCCNC(=N)N)NC(=O)[C@H](CC(C)C)NC(=O)[C@H](Cc1ccccc1)NC(=O)CNC(=O)CN)C(=O)N[C@@H](CCCNC(=N)N)C(=O)N1CCC[C@H]1C(=O)N[C@@H](CCCCN)C(=O)N[C@@H](CC(C)C)C(=O)N[C@@H](CCCCN)C(=O)N[C@@H](Cc1c[nH]c2ccccc12)C(=O)N[C@@H](CC(=O)O)C(=O)N[C@@H](CC(N)=O)C(=O)N[C@@H](CCC(N)=O)C(=O)O. The van der Waals surface area contributed by atoms with Gasteiger partial charge in [0.1, 0.15) is 84.6 Å². The number of carbonyl (C=O) groups is 19. The van der Waals surface area contributed by atoms with Gasteiger partial charge >= 0.3 is 11.9 Å². The van der Waals surface area contributed by atoms with E-state index in [0.29, 0.717) is 34.9 Å². The second kappa shape index (κ2) is 62.5. The number of unbranched alkanes of at least 4 members (excludes halogenated alkanes) is 2. The first kappa shape index (κ1) is 119. The van der Waals surface area contributed by atoms with Crippen LogP contribution in [0.3, 0.4) is 0 Å². The molecular formula is C90H146N30O21. The van der Waals surface area contributed by atoms with E-state index < -0.39 is 260 Å². The van der Waals surface area contributed by atoms with Crippen molar-refractivity contribution in [2.24, 2.45) is 63.6 Å². The van der Waals surface area contributed by atoms with Gasteiger partial charge in [-0.25, -0.2) is 4.79 Å². The van der Waals surface area contributed by atoms with E-state index in [1.54, 1.807) is 96.1 Å². The van der Waals surface area contributed by atoms with Crippen molar-refractivity contribution in [2.45, 2.75) is 274 Å². The normalized spacial score (nSPS) is 15.2. The maximum atomic E-state index is 15.4. The molecule has 0 aliphatic carbocycles. The third-order valence-corrected chi connectivity index (χ3v) is 22.9. The lowest BCUT2D eigenvalue weighted by Gasteiger charge is -2.32. The average Bonchev–Trinajstić information content (AvgIpc) is 1.71. The molecule has 51 nitrogen and oxygen atoms in total. The second-order valence-electron chi connectivity index (χ2n) is 35.5. The van der Waals surface area contributed by atoms with Crippen LogP contribution in [0.1, 0.15) is 188 Å². The average molecular weight is 1980 g/mol. The fourth-order valence-electron chi connectivity index (χ4n) is 15.4. The van der Waals surface area contributed by atoms with Crippen LogP contribution in [0.2, 0.25) is 0 Å². The Morgan fingerprint density at radius 3 is 1.30 bits per heavy atom. The maximum absolute atomic E-state index is 15.4. The van der Waals surface area contributed by atoms with Crippen LogP contribution in [-0.2, 0) is 104 Å². The molecule has 51 heteroatoms. The minimum absolute atomic E-state index is 0.000143. The molecule has 1 fully saturated rings. The molecule has 782 valence electrons. The Morgan fingerprint density at radius 2 is 0.837 bits per heavy atom. The molecule has 3 aromatic rings. The number of carboxylic acid groups (broad SMARTS) is 2. The van der Waals surface area contributed by atoms with Gasteiger partial charge < -0.3 is 156 Å². The van der Waals surface area contributed by atoms with E-state index in [1.165, 1.54) is 11.1 Å². The molecule has 2 aromatic carbocycles. The van der Waals surface area contributed by atoms with Crippen molar-refractivity contribution in [3.8, 4) is 0 Å². The van der Waals surface area contributed by atoms with Gasteiger partial charge in [0, 0.05) is 62.5 Å². The smallest absolute Gasteiger partial charge is 0.326 e. The molecule has 0 radical (unpaired) electrons. The Kier molecular flexibility index (Phi) is 52.7. The van der Waals surface area contributed by atoms with E-state index in [0.717, 1.165) is 0 Å². The summed E-state index contributed by atoms with van der Waals surface area (Å²) in [7, 11) is 0. The van der Waals surface area contributed by atoms with Crippen molar-refractivity contribution >= 4 is 141 Å². The van der Waals surface area contributed by atoms with Crippen LogP contribution in [0.15, 0.2) is 60.8 Å². The zero-order valence-electron chi connectivity index (χ0n) is 80.7. The zero-order chi connectivity index (χ0) is 105. The highest BCUT2D eigenvalue weighted by atomic mass is 16.4. The molecule has 1 aliphatic heterocycles. The van der Waals surface area contributed by atoms with E-state index in [2.05, 4.69) is 95.4 Å². The predicted molar refractivity (Wildman–Crippen MR) is 518 cm³/mol. The van der Waals surface area contributed by atoms with Crippen molar-refractivity contribution in [3.63, 3.8) is 0 Å². The van der Waals surface area contributed by atoms with Gasteiger partial charge in [0.05, 0.1) is 25.9 Å². The van der Waals surface area contributed by atoms with Crippen molar-refractivity contribution in [2.75, 3.05) is 52.4 Å². The molecule has 0 spiro atoms. The number of guanidine groups is 3. The van der Waals surface area contributed by atoms with E-state index in [4.69, 9.17) is 62.1 Å². The lowest BCUT2D eigenvalue weighted by molar-refractivity contribution is -0.144. The van der Waals surface area contributed by atoms with Crippen molar-refractivity contribution in [1.82, 2.24) is 100 Å². The highest BCUT2D eigenvalue weighted by Crippen LogP contribution is 2.24. The second-order valence-corrected chi connectivity index (χ2v) is 35.5. The number of carbonyl (C=O) groups excluding carboxylic acids is 17. The zero-order valence-corrected chi connectivity index (χ0v) is 80.7. The number of hydrogen-bond acceptors (Lipinski definition) is 25.